The molecule has 0 unspecified atom stereocenters. The van der Waals surface area contributed by atoms with Gasteiger partial charge in [0.25, 0.3) is 0 Å². The molecule has 3 aromatic heterocycles. The number of carbonyl (C=O) groups is 1. The fraction of sp³-hybridized carbons (Fsp3) is 0.455. The van der Waals surface area contributed by atoms with Crippen LogP contribution in [0.5, 0.6) is 0 Å². The molecule has 1 N–H and O–H groups in total. The molecule has 0 radical (unpaired) electrons. The van der Waals surface area contributed by atoms with E-state index in [-0.39, 0.29) is 17.8 Å². The van der Waals surface area contributed by atoms with Crippen LogP contribution in [0.15, 0.2) is 24.7 Å². The predicted octanol–water partition coefficient (Wildman–Crippen LogP) is 4.54. The van der Waals surface area contributed by atoms with Crippen molar-refractivity contribution in [1.29, 1.82) is 0 Å². The van der Waals surface area contributed by atoms with E-state index < -0.39 is 0 Å². The summed E-state index contributed by atoms with van der Waals surface area (Å²) >= 11 is 6.09. The zero-order chi connectivity index (χ0) is 20.7. The van der Waals surface area contributed by atoms with Crippen molar-refractivity contribution < 1.29 is 9.18 Å². The molecule has 4 heterocycles. The maximum atomic E-state index is 14.6. The number of hydrogen-bond acceptors (Lipinski definition) is 4. The van der Waals surface area contributed by atoms with Crippen LogP contribution < -0.4 is 0 Å². The minimum absolute atomic E-state index is 0.266. The minimum atomic E-state index is -0.380. The first-order valence-electron chi connectivity index (χ1n) is 10.5. The molecule has 1 aliphatic carbocycles. The van der Waals surface area contributed by atoms with Crippen LogP contribution in [0.3, 0.4) is 0 Å². The molecule has 0 aromatic carbocycles. The number of likely N-dealkylation sites (tertiary alicyclic amines) is 1. The summed E-state index contributed by atoms with van der Waals surface area (Å²) in [4.78, 5) is 30.3. The number of amides is 1. The van der Waals surface area contributed by atoms with Gasteiger partial charge in [-0.25, -0.2) is 19.3 Å². The van der Waals surface area contributed by atoms with Gasteiger partial charge < -0.3 is 9.88 Å². The monoisotopic (exact) mass is 427 g/mol. The molecule has 1 aliphatic heterocycles. The number of carbonyl (C=O) groups excluding carboxylic acids is 1. The molecule has 0 bridgehead atoms. The van der Waals surface area contributed by atoms with Gasteiger partial charge in [-0.3, -0.25) is 4.79 Å². The van der Waals surface area contributed by atoms with Crippen LogP contribution in [0.1, 0.15) is 44.2 Å². The van der Waals surface area contributed by atoms with E-state index in [9.17, 15) is 9.18 Å². The van der Waals surface area contributed by atoms with Crippen molar-refractivity contribution in [1.82, 2.24) is 24.8 Å². The highest BCUT2D eigenvalue weighted by Gasteiger charge is 2.32. The molecule has 2 fully saturated rings. The average molecular weight is 428 g/mol. The fourth-order valence-corrected chi connectivity index (χ4v) is 5.06. The van der Waals surface area contributed by atoms with Crippen molar-refractivity contribution in [2.75, 3.05) is 6.54 Å². The first-order chi connectivity index (χ1) is 14.6. The number of H-pyrrole nitrogens is 1. The Morgan fingerprint density at radius 3 is 2.97 bits per heavy atom. The minimum Gasteiger partial charge on any atom is -0.345 e. The Labute approximate surface area is 178 Å². The van der Waals surface area contributed by atoms with E-state index in [1.165, 1.54) is 6.20 Å². The highest BCUT2D eigenvalue weighted by atomic mass is 35.5. The van der Waals surface area contributed by atoms with Crippen molar-refractivity contribution in [2.45, 2.75) is 51.0 Å². The van der Waals surface area contributed by atoms with Gasteiger partial charge in [-0.2, -0.15) is 0 Å². The summed E-state index contributed by atoms with van der Waals surface area (Å²) in [6.07, 6.45) is 10.8. The van der Waals surface area contributed by atoms with Crippen LogP contribution in [0.25, 0.3) is 22.4 Å². The third kappa shape index (κ3) is 3.67. The lowest BCUT2D eigenvalue weighted by Gasteiger charge is -2.35. The first-order valence-corrected chi connectivity index (χ1v) is 10.9. The maximum Gasteiger partial charge on any atom is 0.222 e. The number of aromatic nitrogens is 4. The second-order valence-corrected chi connectivity index (χ2v) is 8.76. The van der Waals surface area contributed by atoms with Gasteiger partial charge in [0.1, 0.15) is 5.65 Å². The second kappa shape index (κ2) is 7.95. The quantitative estimate of drug-likeness (QED) is 0.663. The number of halogens is 2. The summed E-state index contributed by atoms with van der Waals surface area (Å²) in [7, 11) is 0. The number of hydrogen-bond donors (Lipinski definition) is 1. The van der Waals surface area contributed by atoms with Crippen LogP contribution in [0.4, 0.5) is 4.39 Å². The van der Waals surface area contributed by atoms with Gasteiger partial charge in [0.05, 0.1) is 16.9 Å². The first kappa shape index (κ1) is 19.4. The summed E-state index contributed by atoms with van der Waals surface area (Å²) in [5.41, 5.74) is 1.88. The second-order valence-electron chi connectivity index (χ2n) is 8.32. The molecule has 2 atom stereocenters. The van der Waals surface area contributed by atoms with Gasteiger partial charge >= 0.3 is 0 Å². The zero-order valence-corrected chi connectivity index (χ0v) is 17.3. The summed E-state index contributed by atoms with van der Waals surface area (Å²) in [5, 5.41) is 1.33. The van der Waals surface area contributed by atoms with Gasteiger partial charge in [-0.05, 0) is 44.1 Å². The van der Waals surface area contributed by atoms with Crippen LogP contribution in [0.2, 0.25) is 5.02 Å². The molecule has 1 saturated carbocycles. The molecule has 2 aliphatic rings. The number of pyridine rings is 1. The zero-order valence-electron chi connectivity index (χ0n) is 16.6. The van der Waals surface area contributed by atoms with Crippen LogP contribution in [-0.4, -0.2) is 43.3 Å². The normalized spacial score (nSPS) is 22.2. The van der Waals surface area contributed by atoms with Gasteiger partial charge in [0.2, 0.25) is 5.91 Å². The molecule has 1 saturated heterocycles. The Morgan fingerprint density at radius 1 is 1.23 bits per heavy atom. The van der Waals surface area contributed by atoms with Crippen molar-refractivity contribution in [2.24, 2.45) is 5.92 Å². The molecule has 30 heavy (non-hydrogen) atoms. The summed E-state index contributed by atoms with van der Waals surface area (Å²) in [6.45, 7) is 0.861. The van der Waals surface area contributed by atoms with E-state index in [0.29, 0.717) is 40.9 Å². The Bertz CT molecular complexity index is 1100. The molecule has 0 spiro atoms. The van der Waals surface area contributed by atoms with Crippen LogP contribution in [0, 0.1) is 11.7 Å². The number of nitrogens with zero attached hydrogens (tertiary/aromatic N) is 4. The van der Waals surface area contributed by atoms with Gasteiger partial charge in [0.15, 0.2) is 11.6 Å². The molecule has 6 nitrogen and oxygen atoms in total. The Kier molecular flexibility index (Phi) is 5.15. The summed E-state index contributed by atoms with van der Waals surface area (Å²) < 4.78 is 14.6. The third-order valence-corrected chi connectivity index (χ3v) is 6.55. The topological polar surface area (TPSA) is 74.8 Å². The fourth-order valence-electron chi connectivity index (χ4n) is 4.90. The number of nitrogens with one attached hydrogen (secondary N) is 1. The standard InChI is InChI=1S/C22H23ClFN5O/c23-14-9-16-17(11-26-21(16)25-10-14)22-27-12-18(24)19(28-22)8-13-3-1-4-15(7-13)29-6-2-5-20(29)30/h9-13,15H,1-8H2,(H,25,26)/t13-,15+/m0/s1. The van der Waals surface area contributed by atoms with Crippen LogP contribution in [-0.2, 0) is 11.2 Å². The lowest BCUT2D eigenvalue weighted by Crippen LogP contribution is -2.40. The Hall–Kier alpha value is -2.54. The molecule has 1 amide bonds. The molecular formula is C22H23ClFN5O. The number of aromatic amines is 1. The molecular weight excluding hydrogens is 405 g/mol. The van der Waals surface area contributed by atoms with Crippen molar-refractivity contribution in [3.8, 4) is 11.4 Å². The van der Waals surface area contributed by atoms with E-state index in [4.69, 9.17) is 11.6 Å². The van der Waals surface area contributed by atoms with E-state index in [2.05, 4.69) is 19.9 Å². The molecule has 3 aromatic rings. The Balaban J connectivity index is 1.38. The van der Waals surface area contributed by atoms with E-state index in [0.717, 1.165) is 49.6 Å². The van der Waals surface area contributed by atoms with Crippen LogP contribution >= 0.6 is 11.6 Å². The molecule has 156 valence electrons. The summed E-state index contributed by atoms with van der Waals surface area (Å²) in [5.74, 6) is 0.661. The smallest absolute Gasteiger partial charge is 0.222 e. The van der Waals surface area contributed by atoms with E-state index in [1.807, 2.05) is 4.90 Å². The SMILES string of the molecule is O=C1CCCN1[C@@H]1CCC[C@H](Cc2nc(-c3c[nH]c4ncc(Cl)cc34)ncc2F)C1. The van der Waals surface area contributed by atoms with Crippen molar-refractivity contribution in [3.63, 3.8) is 0 Å². The lowest BCUT2D eigenvalue weighted by molar-refractivity contribution is -0.130. The number of rotatable bonds is 4. The van der Waals surface area contributed by atoms with Gasteiger partial charge in [-0.1, -0.05) is 18.0 Å². The van der Waals surface area contributed by atoms with E-state index >= 15 is 0 Å². The van der Waals surface area contributed by atoms with Gasteiger partial charge in [0, 0.05) is 42.4 Å². The van der Waals surface area contributed by atoms with Gasteiger partial charge in [-0.15, -0.1) is 0 Å². The number of fused-ring (bicyclic) bond motifs is 1. The summed E-state index contributed by atoms with van der Waals surface area (Å²) in [6, 6.07) is 2.09. The van der Waals surface area contributed by atoms with E-state index in [1.54, 1.807) is 18.5 Å². The molecule has 5 rings (SSSR count). The largest absolute Gasteiger partial charge is 0.345 e. The Morgan fingerprint density at radius 2 is 2.13 bits per heavy atom. The highest BCUT2D eigenvalue weighted by Crippen LogP contribution is 2.33. The average Bonchev–Trinajstić information content (AvgIpc) is 3.36. The maximum absolute atomic E-state index is 14.6. The van der Waals surface area contributed by atoms with Crippen molar-refractivity contribution in [3.05, 3.63) is 41.2 Å². The van der Waals surface area contributed by atoms with Crippen molar-refractivity contribution >= 4 is 28.5 Å². The predicted molar refractivity (Wildman–Crippen MR) is 112 cm³/mol. The lowest BCUT2D eigenvalue weighted by atomic mass is 9.82. The molecule has 8 heteroatoms. The third-order valence-electron chi connectivity index (χ3n) is 6.34. The highest BCUT2D eigenvalue weighted by molar-refractivity contribution is 6.31.